The number of hydrogen-bond donors (Lipinski definition) is 6. The van der Waals surface area contributed by atoms with Crippen LogP contribution in [0.2, 0.25) is 0 Å². The molecule has 0 bridgehead atoms. The van der Waals surface area contributed by atoms with Crippen LogP contribution in [0.1, 0.15) is 5.56 Å². The zero-order chi connectivity index (χ0) is 25.8. The second-order valence-electron chi connectivity index (χ2n) is 6.09. The molecule has 0 amide bonds. The SMILES string of the molecule is COc1ccc(C=CC(=O)OOC(=O)C(O)CO)c(OC(=O)C(O)CO)c1OC(=O)C(O)CO.[NaH]. The van der Waals surface area contributed by atoms with Crippen molar-refractivity contribution in [1.29, 1.82) is 0 Å². The molecule has 3 unspecified atom stereocenters. The molecular weight excluding hydrogens is 491 g/mol. The predicted molar refractivity (Wildman–Crippen MR) is 112 cm³/mol. The Bertz CT molecular complexity index is 916. The van der Waals surface area contributed by atoms with Gasteiger partial charge < -0.3 is 44.8 Å². The summed E-state index contributed by atoms with van der Waals surface area (Å²) in [5, 5.41) is 54.4. The summed E-state index contributed by atoms with van der Waals surface area (Å²) in [4.78, 5) is 55.0. The topological polar surface area (TPSA) is 236 Å². The van der Waals surface area contributed by atoms with Crippen molar-refractivity contribution in [2.45, 2.75) is 18.3 Å². The molecule has 3 atom stereocenters. The summed E-state index contributed by atoms with van der Waals surface area (Å²) in [5.41, 5.74) is -0.181. The molecule has 1 rings (SSSR count). The van der Waals surface area contributed by atoms with Gasteiger partial charge in [0.05, 0.1) is 26.9 Å². The van der Waals surface area contributed by atoms with Crippen molar-refractivity contribution in [3.05, 3.63) is 23.8 Å². The Morgan fingerprint density at radius 2 is 1.29 bits per heavy atom. The first-order valence-electron chi connectivity index (χ1n) is 9.21. The molecule has 0 aliphatic rings. The van der Waals surface area contributed by atoms with Crippen LogP contribution in [-0.2, 0) is 29.0 Å². The molecule has 0 saturated carbocycles. The summed E-state index contributed by atoms with van der Waals surface area (Å²) in [6, 6.07) is 2.38. The molecule has 0 aliphatic heterocycles. The molecule has 35 heavy (non-hydrogen) atoms. The molecule has 0 radical (unpaired) electrons. The number of carbonyl (C=O) groups is 4. The number of ether oxygens (including phenoxy) is 3. The van der Waals surface area contributed by atoms with Gasteiger partial charge in [0, 0.05) is 11.6 Å². The summed E-state index contributed by atoms with van der Waals surface area (Å²) < 4.78 is 14.9. The van der Waals surface area contributed by atoms with E-state index in [1.165, 1.54) is 12.1 Å². The average molecular weight is 514 g/mol. The van der Waals surface area contributed by atoms with Crippen LogP contribution < -0.4 is 14.2 Å². The van der Waals surface area contributed by atoms with Crippen molar-refractivity contribution >= 4 is 59.5 Å². The molecule has 1 aromatic rings. The van der Waals surface area contributed by atoms with E-state index in [0.29, 0.717) is 6.08 Å². The molecule has 16 heteroatoms. The summed E-state index contributed by atoms with van der Waals surface area (Å²) in [6.07, 6.45) is -4.36. The van der Waals surface area contributed by atoms with E-state index in [1.54, 1.807) is 0 Å². The molecular formula is C19H23NaO15. The van der Waals surface area contributed by atoms with Crippen molar-refractivity contribution in [3.63, 3.8) is 0 Å². The number of hydrogen-bond acceptors (Lipinski definition) is 15. The van der Waals surface area contributed by atoms with Gasteiger partial charge in [-0.15, -0.1) is 0 Å². The third-order valence-corrected chi connectivity index (χ3v) is 3.67. The summed E-state index contributed by atoms with van der Waals surface area (Å²) in [7, 11) is 1.14. The number of aliphatic hydroxyl groups excluding tert-OH is 6. The third-order valence-electron chi connectivity index (χ3n) is 3.67. The molecule has 15 nitrogen and oxygen atoms in total. The number of aliphatic hydroxyl groups is 6. The average Bonchev–Trinajstić information content (AvgIpc) is 2.85. The van der Waals surface area contributed by atoms with Gasteiger partial charge in [0.1, 0.15) is 0 Å². The molecule has 190 valence electrons. The summed E-state index contributed by atoms with van der Waals surface area (Å²) in [6.45, 7) is -3.02. The molecule has 6 N–H and O–H groups in total. The van der Waals surface area contributed by atoms with E-state index in [4.69, 9.17) is 34.6 Å². The number of rotatable bonds is 11. The molecule has 0 heterocycles. The molecule has 0 aliphatic carbocycles. The van der Waals surface area contributed by atoms with Gasteiger partial charge in [0.25, 0.3) is 0 Å². The van der Waals surface area contributed by atoms with E-state index < -0.39 is 73.5 Å². The van der Waals surface area contributed by atoms with Crippen LogP contribution in [0.15, 0.2) is 18.2 Å². The van der Waals surface area contributed by atoms with Gasteiger partial charge in [-0.25, -0.2) is 29.0 Å². The van der Waals surface area contributed by atoms with Crippen LogP contribution in [0.5, 0.6) is 17.2 Å². The van der Waals surface area contributed by atoms with Crippen molar-refractivity contribution in [2.75, 3.05) is 26.9 Å². The van der Waals surface area contributed by atoms with E-state index in [0.717, 1.165) is 13.2 Å². The molecule has 0 fully saturated rings. The van der Waals surface area contributed by atoms with Crippen LogP contribution in [-0.4, -0.2) is 129 Å². The van der Waals surface area contributed by atoms with E-state index >= 15 is 0 Å². The van der Waals surface area contributed by atoms with E-state index in [9.17, 15) is 29.4 Å². The maximum atomic E-state index is 12.0. The molecule has 0 spiro atoms. The van der Waals surface area contributed by atoms with E-state index in [-0.39, 0.29) is 40.9 Å². The first kappa shape index (κ1) is 32.4. The maximum absolute atomic E-state index is 12.0. The monoisotopic (exact) mass is 514 g/mol. The fourth-order valence-electron chi connectivity index (χ4n) is 1.94. The second kappa shape index (κ2) is 16.1. The van der Waals surface area contributed by atoms with Gasteiger partial charge >= 0.3 is 53.4 Å². The van der Waals surface area contributed by atoms with Crippen LogP contribution in [0.3, 0.4) is 0 Å². The van der Waals surface area contributed by atoms with Crippen LogP contribution in [0, 0.1) is 0 Å². The van der Waals surface area contributed by atoms with Crippen molar-refractivity contribution in [1.82, 2.24) is 0 Å². The minimum atomic E-state index is -2.00. The Morgan fingerprint density at radius 1 is 0.800 bits per heavy atom. The molecule has 0 aromatic heterocycles. The van der Waals surface area contributed by atoms with Gasteiger partial charge in [-0.1, -0.05) is 0 Å². The van der Waals surface area contributed by atoms with Gasteiger partial charge in [0.15, 0.2) is 29.8 Å². The molecule has 0 saturated heterocycles. The zero-order valence-corrected chi connectivity index (χ0v) is 17.5. The predicted octanol–water partition coefficient (Wildman–Crippen LogP) is -4.07. The van der Waals surface area contributed by atoms with Gasteiger partial charge in [-0.3, -0.25) is 0 Å². The quantitative estimate of drug-likeness (QED) is 0.0411. The summed E-state index contributed by atoms with van der Waals surface area (Å²) >= 11 is 0. The van der Waals surface area contributed by atoms with Crippen LogP contribution in [0.4, 0.5) is 0 Å². The number of carbonyl (C=O) groups excluding carboxylic acids is 4. The number of esters is 2. The van der Waals surface area contributed by atoms with E-state index in [1.807, 2.05) is 0 Å². The van der Waals surface area contributed by atoms with Crippen LogP contribution in [0.25, 0.3) is 6.08 Å². The van der Waals surface area contributed by atoms with Crippen molar-refractivity contribution < 1.29 is 73.8 Å². The Kier molecular flexibility index (Phi) is 14.9. The second-order valence-corrected chi connectivity index (χ2v) is 6.09. The Morgan fingerprint density at radius 3 is 1.77 bits per heavy atom. The first-order valence-corrected chi connectivity index (χ1v) is 9.21. The van der Waals surface area contributed by atoms with Crippen LogP contribution >= 0.6 is 0 Å². The standard InChI is InChI=1S/C19H22O15.Na.H/c1-30-13-4-2-9(3-5-14(26)33-34-19(29)12(25)8-22)15(31-17(27)10(23)6-20)16(13)32-18(28)11(24)7-21;;/h2-5,10-12,20-25H,6-8H2,1H3;;. The fraction of sp³-hybridized carbons (Fsp3) is 0.368. The molecule has 1 aromatic carbocycles. The van der Waals surface area contributed by atoms with Gasteiger partial charge in [-0.2, -0.15) is 0 Å². The Labute approximate surface area is 219 Å². The minimum absolute atomic E-state index is 0. The van der Waals surface area contributed by atoms with Gasteiger partial charge in [-0.05, 0) is 18.2 Å². The third kappa shape index (κ3) is 9.88. The van der Waals surface area contributed by atoms with Gasteiger partial charge in [0.2, 0.25) is 5.75 Å². The number of methoxy groups -OCH3 is 1. The fourth-order valence-corrected chi connectivity index (χ4v) is 1.94. The Hall–Kier alpha value is -2.60. The Balaban J connectivity index is 0.0000116. The first-order chi connectivity index (χ1) is 16.1. The van der Waals surface area contributed by atoms with E-state index in [2.05, 4.69) is 9.78 Å². The number of benzene rings is 1. The zero-order valence-electron chi connectivity index (χ0n) is 17.5. The normalized spacial score (nSPS) is 13.1. The van der Waals surface area contributed by atoms with Crippen molar-refractivity contribution in [2.24, 2.45) is 0 Å². The van der Waals surface area contributed by atoms with Crippen molar-refractivity contribution in [3.8, 4) is 17.2 Å². The summed E-state index contributed by atoms with van der Waals surface area (Å²) in [5.74, 6) is -6.99.